The first-order chi connectivity index (χ1) is 8.69. The summed E-state index contributed by atoms with van der Waals surface area (Å²) in [5, 5.41) is 5.40. The molecular weight excluding hydrogens is 266 g/mol. The molecule has 0 saturated heterocycles. The van der Waals surface area contributed by atoms with Gasteiger partial charge >= 0.3 is 0 Å². The number of amides is 2. The van der Waals surface area contributed by atoms with Crippen LogP contribution in [0.15, 0.2) is 24.3 Å². The van der Waals surface area contributed by atoms with Crippen LogP contribution in [0.1, 0.15) is 28.8 Å². The molecule has 0 aliphatic heterocycles. The van der Waals surface area contributed by atoms with Gasteiger partial charge in [0.25, 0.3) is 5.91 Å². The fraction of sp³-hybridized carbons (Fsp3) is 0.385. The van der Waals surface area contributed by atoms with Crippen molar-refractivity contribution in [3.05, 3.63) is 35.4 Å². The van der Waals surface area contributed by atoms with E-state index in [-0.39, 0.29) is 30.8 Å². The third-order valence-corrected chi connectivity index (χ3v) is 2.80. The number of carbonyl (C=O) groups is 2. The molecule has 1 aliphatic carbocycles. The van der Waals surface area contributed by atoms with Gasteiger partial charge in [0.2, 0.25) is 5.91 Å². The van der Waals surface area contributed by atoms with Crippen molar-refractivity contribution in [1.29, 1.82) is 0 Å². The van der Waals surface area contributed by atoms with E-state index in [1.54, 1.807) is 24.3 Å². The van der Waals surface area contributed by atoms with E-state index < -0.39 is 0 Å². The molecule has 0 aromatic heterocycles. The maximum Gasteiger partial charge on any atom is 0.251 e. The smallest absolute Gasteiger partial charge is 0.251 e. The number of hydrogen-bond donors (Lipinski definition) is 3. The highest BCUT2D eigenvalue weighted by molar-refractivity contribution is 5.96. The first kappa shape index (κ1) is 15.5. The van der Waals surface area contributed by atoms with Crippen molar-refractivity contribution in [2.75, 3.05) is 6.54 Å². The van der Waals surface area contributed by atoms with Crippen molar-refractivity contribution in [3.63, 3.8) is 0 Å². The second-order valence-corrected chi connectivity index (χ2v) is 4.43. The van der Waals surface area contributed by atoms with Gasteiger partial charge < -0.3 is 16.4 Å². The monoisotopic (exact) mass is 283 g/mol. The SMILES string of the molecule is Cl.NCc1ccc(C(=O)NCC(=O)NC2CC2)cc1. The number of halogens is 1. The van der Waals surface area contributed by atoms with Crippen LogP contribution < -0.4 is 16.4 Å². The van der Waals surface area contributed by atoms with Crippen LogP contribution >= 0.6 is 12.4 Å². The molecule has 0 radical (unpaired) electrons. The predicted molar refractivity (Wildman–Crippen MR) is 75.1 cm³/mol. The van der Waals surface area contributed by atoms with E-state index in [0.717, 1.165) is 18.4 Å². The maximum absolute atomic E-state index is 11.7. The van der Waals surface area contributed by atoms with E-state index in [2.05, 4.69) is 10.6 Å². The first-order valence-corrected chi connectivity index (χ1v) is 6.05. The largest absolute Gasteiger partial charge is 0.352 e. The normalized spacial score (nSPS) is 13.3. The molecule has 0 unspecified atom stereocenters. The minimum Gasteiger partial charge on any atom is -0.352 e. The van der Waals surface area contributed by atoms with Crippen LogP contribution in [-0.4, -0.2) is 24.4 Å². The average Bonchev–Trinajstić information content (AvgIpc) is 3.20. The summed E-state index contributed by atoms with van der Waals surface area (Å²) < 4.78 is 0. The third kappa shape index (κ3) is 4.89. The Bertz CT molecular complexity index is 444. The molecule has 1 aromatic carbocycles. The van der Waals surface area contributed by atoms with E-state index in [0.29, 0.717) is 18.2 Å². The predicted octanol–water partition coefficient (Wildman–Crippen LogP) is 0.575. The topological polar surface area (TPSA) is 84.2 Å². The zero-order valence-corrected chi connectivity index (χ0v) is 11.3. The molecule has 4 N–H and O–H groups in total. The lowest BCUT2D eigenvalue weighted by molar-refractivity contribution is -0.120. The summed E-state index contributed by atoms with van der Waals surface area (Å²) in [6, 6.07) is 7.34. The van der Waals surface area contributed by atoms with Gasteiger partial charge in [-0.3, -0.25) is 9.59 Å². The van der Waals surface area contributed by atoms with E-state index in [9.17, 15) is 9.59 Å². The Balaban J connectivity index is 0.00000180. The summed E-state index contributed by atoms with van der Waals surface area (Å²) in [4.78, 5) is 23.1. The second kappa shape index (κ2) is 7.11. The van der Waals surface area contributed by atoms with Crippen molar-refractivity contribution in [2.45, 2.75) is 25.4 Å². The average molecular weight is 284 g/mol. The molecule has 0 heterocycles. The number of rotatable bonds is 5. The Kier molecular flexibility index (Phi) is 5.79. The fourth-order valence-corrected chi connectivity index (χ4v) is 1.56. The Labute approximate surface area is 118 Å². The number of benzene rings is 1. The standard InChI is InChI=1S/C13H17N3O2.ClH/c14-7-9-1-3-10(4-2-9)13(18)15-8-12(17)16-11-5-6-11;/h1-4,11H,5-8,14H2,(H,15,18)(H,16,17);1H. The number of hydrogen-bond acceptors (Lipinski definition) is 3. The van der Waals surface area contributed by atoms with E-state index >= 15 is 0 Å². The minimum absolute atomic E-state index is 0. The van der Waals surface area contributed by atoms with Gasteiger partial charge in [-0.1, -0.05) is 12.1 Å². The summed E-state index contributed by atoms with van der Waals surface area (Å²) in [7, 11) is 0. The van der Waals surface area contributed by atoms with Gasteiger partial charge in [0.1, 0.15) is 0 Å². The van der Waals surface area contributed by atoms with Crippen LogP contribution in [-0.2, 0) is 11.3 Å². The van der Waals surface area contributed by atoms with E-state index in [1.165, 1.54) is 0 Å². The van der Waals surface area contributed by atoms with Crippen molar-refractivity contribution in [2.24, 2.45) is 5.73 Å². The number of nitrogens with two attached hydrogens (primary N) is 1. The summed E-state index contributed by atoms with van der Waals surface area (Å²) in [5.41, 5.74) is 6.98. The molecule has 1 fully saturated rings. The molecule has 1 aromatic rings. The molecule has 2 rings (SSSR count). The van der Waals surface area contributed by atoms with Gasteiger partial charge in [-0.15, -0.1) is 12.4 Å². The molecule has 2 amide bonds. The lowest BCUT2D eigenvalue weighted by Crippen LogP contribution is -2.37. The third-order valence-electron chi connectivity index (χ3n) is 2.80. The molecule has 0 bridgehead atoms. The first-order valence-electron chi connectivity index (χ1n) is 6.05. The van der Waals surface area contributed by atoms with Crippen molar-refractivity contribution in [1.82, 2.24) is 10.6 Å². The van der Waals surface area contributed by atoms with Gasteiger partial charge in [0.15, 0.2) is 0 Å². The molecule has 104 valence electrons. The molecular formula is C13H18ClN3O2. The summed E-state index contributed by atoms with van der Waals surface area (Å²) >= 11 is 0. The number of carbonyl (C=O) groups excluding carboxylic acids is 2. The Hall–Kier alpha value is -1.59. The van der Waals surface area contributed by atoms with Crippen molar-refractivity contribution < 1.29 is 9.59 Å². The zero-order chi connectivity index (χ0) is 13.0. The molecule has 1 saturated carbocycles. The van der Waals surface area contributed by atoms with E-state index in [4.69, 9.17) is 5.73 Å². The van der Waals surface area contributed by atoms with Crippen LogP contribution in [0.3, 0.4) is 0 Å². The summed E-state index contributed by atoms with van der Waals surface area (Å²) in [6.07, 6.45) is 2.08. The molecule has 0 spiro atoms. The second-order valence-electron chi connectivity index (χ2n) is 4.43. The Morgan fingerprint density at radius 3 is 2.37 bits per heavy atom. The van der Waals surface area contributed by atoms with Gasteiger partial charge in [0.05, 0.1) is 6.54 Å². The van der Waals surface area contributed by atoms with Gasteiger partial charge in [-0.25, -0.2) is 0 Å². The van der Waals surface area contributed by atoms with Crippen molar-refractivity contribution in [3.8, 4) is 0 Å². The number of nitrogens with one attached hydrogen (secondary N) is 2. The Morgan fingerprint density at radius 1 is 1.21 bits per heavy atom. The van der Waals surface area contributed by atoms with Crippen LogP contribution in [0.25, 0.3) is 0 Å². The maximum atomic E-state index is 11.7. The molecule has 6 heteroatoms. The van der Waals surface area contributed by atoms with Gasteiger partial charge in [-0.05, 0) is 30.5 Å². The fourth-order valence-electron chi connectivity index (χ4n) is 1.56. The van der Waals surface area contributed by atoms with Crippen LogP contribution in [0, 0.1) is 0 Å². The molecule has 5 nitrogen and oxygen atoms in total. The lowest BCUT2D eigenvalue weighted by atomic mass is 10.1. The molecule has 0 atom stereocenters. The minimum atomic E-state index is -0.246. The van der Waals surface area contributed by atoms with Crippen LogP contribution in [0.2, 0.25) is 0 Å². The highest BCUT2D eigenvalue weighted by Crippen LogP contribution is 2.18. The quantitative estimate of drug-likeness (QED) is 0.739. The van der Waals surface area contributed by atoms with Gasteiger partial charge in [0, 0.05) is 18.2 Å². The lowest BCUT2D eigenvalue weighted by Gasteiger charge is -2.06. The van der Waals surface area contributed by atoms with Crippen molar-refractivity contribution >= 4 is 24.2 Å². The van der Waals surface area contributed by atoms with Crippen LogP contribution in [0.5, 0.6) is 0 Å². The molecule has 1 aliphatic rings. The van der Waals surface area contributed by atoms with Crippen LogP contribution in [0.4, 0.5) is 0 Å². The summed E-state index contributed by atoms with van der Waals surface area (Å²) in [5.74, 6) is -0.381. The molecule has 19 heavy (non-hydrogen) atoms. The Morgan fingerprint density at radius 2 is 1.84 bits per heavy atom. The van der Waals surface area contributed by atoms with Gasteiger partial charge in [-0.2, -0.15) is 0 Å². The highest BCUT2D eigenvalue weighted by atomic mass is 35.5. The zero-order valence-electron chi connectivity index (χ0n) is 10.5. The summed E-state index contributed by atoms with van der Waals surface area (Å²) in [6.45, 7) is 0.472. The highest BCUT2D eigenvalue weighted by Gasteiger charge is 2.23. The van der Waals surface area contributed by atoms with E-state index in [1.807, 2.05) is 0 Å².